The summed E-state index contributed by atoms with van der Waals surface area (Å²) in [5.74, 6) is -0.0900. The number of carbonyl (C=O) groups excluding carboxylic acids is 1. The number of nitrogens with zero attached hydrogens (tertiary/aromatic N) is 3. The van der Waals surface area contributed by atoms with Crippen LogP contribution in [0.1, 0.15) is 26.0 Å². The number of phosphoric acid groups is 3. The lowest BCUT2D eigenvalue weighted by Gasteiger charge is -2.19. The zero-order valence-electron chi connectivity index (χ0n) is 20.5. The van der Waals surface area contributed by atoms with Gasteiger partial charge >= 0.3 is 23.5 Å². The normalized spacial score (nSPS) is 24.5. The molecular formula is C16H27N6O15P3. The molecule has 1 aliphatic heterocycles. The van der Waals surface area contributed by atoms with Gasteiger partial charge in [-0.25, -0.2) is 18.7 Å². The van der Waals surface area contributed by atoms with Gasteiger partial charge in [-0.15, -0.1) is 0 Å². The molecule has 1 amide bonds. The number of fused-ring (bicyclic) bond motifs is 1. The summed E-state index contributed by atoms with van der Waals surface area (Å²) in [4.78, 5) is 70.3. The van der Waals surface area contributed by atoms with Crippen LogP contribution in [0.5, 0.6) is 0 Å². The molecule has 0 bridgehead atoms. The molecule has 226 valence electrons. The van der Waals surface area contributed by atoms with E-state index in [4.69, 9.17) is 14.5 Å². The van der Waals surface area contributed by atoms with Crippen LogP contribution in [0.25, 0.3) is 11.2 Å². The second-order valence-electron chi connectivity index (χ2n) is 8.16. The van der Waals surface area contributed by atoms with Crippen LogP contribution in [0, 0.1) is 0 Å². The molecule has 1 saturated heterocycles. The number of anilines is 1. The molecule has 2 aromatic rings. The number of carbonyl (C=O) groups is 1. The number of ether oxygens (including phenoxy) is 1. The van der Waals surface area contributed by atoms with E-state index in [9.17, 15) is 43.3 Å². The Kier molecular flexibility index (Phi) is 10.4. The Balaban J connectivity index is 1.68. The van der Waals surface area contributed by atoms with E-state index < -0.39 is 60.2 Å². The summed E-state index contributed by atoms with van der Waals surface area (Å²) in [7, 11) is -16.9. The minimum Gasteiger partial charge on any atom is -0.387 e. The standard InChI is InChI=1S/C16H27N6O15P3/c1-2-9(23)17-4-3-5-18-16-20-13-10(14(26)21-16)19-7-22(13)15-12(25)11(24)8(35-15)6-34-39(30,31)37-40(32,33)36-38(27,28)29/h7-8,11-12,15,24-25H,2-6H2,1H3,(H,17,23)(H,30,31)(H,32,33)(H2,27,28,29)(H2,18,20,21,26). The van der Waals surface area contributed by atoms with E-state index in [0.29, 0.717) is 25.9 Å². The molecule has 21 nitrogen and oxygen atoms in total. The van der Waals surface area contributed by atoms with Gasteiger partial charge in [-0.1, -0.05) is 6.92 Å². The molecule has 2 aromatic heterocycles. The van der Waals surface area contributed by atoms with Gasteiger partial charge in [-0.2, -0.15) is 13.6 Å². The van der Waals surface area contributed by atoms with Gasteiger partial charge in [0.15, 0.2) is 17.4 Å². The maximum atomic E-state index is 12.5. The molecule has 0 saturated carbocycles. The van der Waals surface area contributed by atoms with Crippen molar-refractivity contribution in [2.24, 2.45) is 0 Å². The number of hydrogen-bond donors (Lipinski definition) is 9. The molecule has 0 radical (unpaired) electrons. The molecule has 0 aromatic carbocycles. The predicted octanol–water partition coefficient (Wildman–Crippen LogP) is -1.59. The van der Waals surface area contributed by atoms with Crippen molar-refractivity contribution in [3.8, 4) is 0 Å². The number of aromatic nitrogens is 4. The van der Waals surface area contributed by atoms with Gasteiger partial charge in [-0.05, 0) is 6.42 Å². The SMILES string of the molecule is CCC(=O)NCCCNc1nc2c(ncn2C2OC(COP(=O)(O)OP(=O)(O)OP(=O)(O)O)C(O)C2O)c(=O)[nH]1. The third kappa shape index (κ3) is 8.70. The van der Waals surface area contributed by atoms with Crippen LogP contribution in [-0.4, -0.2) is 93.2 Å². The number of aromatic amines is 1. The number of hydrogen-bond acceptors (Lipinski definition) is 14. The van der Waals surface area contributed by atoms with E-state index in [0.717, 1.165) is 10.9 Å². The average Bonchev–Trinajstić information content (AvgIpc) is 3.36. The van der Waals surface area contributed by atoms with Crippen LogP contribution in [0.4, 0.5) is 5.95 Å². The first-order chi connectivity index (χ1) is 18.5. The number of nitrogens with one attached hydrogen (secondary N) is 3. The minimum atomic E-state index is -5.76. The topological polar surface area (TPSA) is 314 Å². The fraction of sp³-hybridized carbons (Fsp3) is 0.625. The number of rotatable bonds is 14. The fourth-order valence-corrected chi connectivity index (χ4v) is 6.44. The molecule has 6 atom stereocenters. The van der Waals surface area contributed by atoms with Gasteiger partial charge in [0, 0.05) is 19.5 Å². The van der Waals surface area contributed by atoms with E-state index >= 15 is 0 Å². The van der Waals surface area contributed by atoms with E-state index in [1.807, 2.05) is 0 Å². The van der Waals surface area contributed by atoms with Crippen molar-refractivity contribution in [1.29, 1.82) is 0 Å². The van der Waals surface area contributed by atoms with E-state index in [2.05, 4.69) is 38.7 Å². The summed E-state index contributed by atoms with van der Waals surface area (Å²) in [6.45, 7) is 1.38. The van der Waals surface area contributed by atoms with Gasteiger partial charge in [0.1, 0.15) is 18.3 Å². The monoisotopic (exact) mass is 636 g/mol. The number of imidazole rings is 1. The third-order valence-corrected chi connectivity index (χ3v) is 8.95. The largest absolute Gasteiger partial charge is 0.490 e. The van der Waals surface area contributed by atoms with E-state index in [1.54, 1.807) is 6.92 Å². The average molecular weight is 636 g/mol. The van der Waals surface area contributed by atoms with Gasteiger partial charge in [0.2, 0.25) is 11.9 Å². The van der Waals surface area contributed by atoms with Gasteiger partial charge < -0.3 is 45.2 Å². The highest BCUT2D eigenvalue weighted by molar-refractivity contribution is 7.66. The Hall–Kier alpha value is -2.09. The second kappa shape index (κ2) is 12.8. The fourth-order valence-electron chi connectivity index (χ4n) is 3.41. The Morgan fingerprint density at radius 2 is 1.82 bits per heavy atom. The van der Waals surface area contributed by atoms with Crippen molar-refractivity contribution >= 4 is 46.5 Å². The Morgan fingerprint density at radius 3 is 2.48 bits per heavy atom. The lowest BCUT2D eigenvalue weighted by Crippen LogP contribution is -2.33. The lowest BCUT2D eigenvalue weighted by molar-refractivity contribution is -0.120. The molecule has 0 spiro atoms. The highest BCUT2D eigenvalue weighted by Gasteiger charge is 2.47. The van der Waals surface area contributed by atoms with Crippen LogP contribution in [0.2, 0.25) is 0 Å². The molecule has 40 heavy (non-hydrogen) atoms. The number of amides is 1. The second-order valence-corrected chi connectivity index (χ2v) is 12.6. The van der Waals surface area contributed by atoms with Crippen LogP contribution < -0.4 is 16.2 Å². The van der Waals surface area contributed by atoms with Crippen molar-refractivity contribution in [2.45, 2.75) is 44.3 Å². The maximum Gasteiger partial charge on any atom is 0.490 e. The summed E-state index contributed by atoms with van der Waals surface area (Å²) in [6, 6.07) is 0. The molecule has 6 unspecified atom stereocenters. The molecule has 1 fully saturated rings. The Bertz CT molecular complexity index is 1410. The summed E-state index contributed by atoms with van der Waals surface area (Å²) in [6.07, 6.45) is -4.56. The zero-order valence-corrected chi connectivity index (χ0v) is 23.1. The van der Waals surface area contributed by atoms with E-state index in [1.165, 1.54) is 0 Å². The predicted molar refractivity (Wildman–Crippen MR) is 130 cm³/mol. The van der Waals surface area contributed by atoms with Gasteiger partial charge in [0.25, 0.3) is 5.56 Å². The molecule has 1 aliphatic rings. The number of phosphoric ester groups is 1. The highest BCUT2D eigenvalue weighted by atomic mass is 31.3. The smallest absolute Gasteiger partial charge is 0.387 e. The van der Waals surface area contributed by atoms with Crippen molar-refractivity contribution in [2.75, 3.05) is 25.0 Å². The molecule has 24 heteroatoms. The molecular weight excluding hydrogens is 609 g/mol. The first kappa shape index (κ1) is 32.4. The number of H-pyrrole nitrogens is 1. The zero-order chi connectivity index (χ0) is 29.9. The third-order valence-electron chi connectivity index (χ3n) is 5.15. The van der Waals surface area contributed by atoms with Gasteiger partial charge in [-0.3, -0.25) is 23.7 Å². The first-order valence-electron chi connectivity index (χ1n) is 11.3. The Morgan fingerprint density at radius 1 is 1.12 bits per heavy atom. The van der Waals surface area contributed by atoms with Crippen LogP contribution in [0.3, 0.4) is 0 Å². The quantitative estimate of drug-likeness (QED) is 0.0833. The molecule has 9 N–H and O–H groups in total. The molecule has 3 heterocycles. The first-order valence-corrected chi connectivity index (χ1v) is 15.8. The van der Waals surface area contributed by atoms with Crippen molar-refractivity contribution < 1.29 is 66.2 Å². The summed E-state index contributed by atoms with van der Waals surface area (Å²) in [5.41, 5.74) is -0.874. The van der Waals surface area contributed by atoms with Crippen LogP contribution in [0.15, 0.2) is 11.1 Å². The maximum absolute atomic E-state index is 12.5. The Labute approximate surface area is 223 Å². The molecule has 3 rings (SSSR count). The van der Waals surface area contributed by atoms with Crippen molar-refractivity contribution in [3.63, 3.8) is 0 Å². The summed E-state index contributed by atoms with van der Waals surface area (Å²) < 4.78 is 52.4. The summed E-state index contributed by atoms with van der Waals surface area (Å²) in [5, 5.41) is 26.4. The van der Waals surface area contributed by atoms with Crippen LogP contribution in [-0.2, 0) is 36.4 Å². The van der Waals surface area contributed by atoms with Crippen molar-refractivity contribution in [3.05, 3.63) is 16.7 Å². The number of aliphatic hydroxyl groups excluding tert-OH is 2. The summed E-state index contributed by atoms with van der Waals surface area (Å²) >= 11 is 0. The number of aliphatic hydroxyl groups is 2. The lowest BCUT2D eigenvalue weighted by atomic mass is 10.1. The van der Waals surface area contributed by atoms with Crippen LogP contribution >= 0.6 is 23.5 Å². The highest BCUT2D eigenvalue weighted by Crippen LogP contribution is 2.66. The van der Waals surface area contributed by atoms with Crippen molar-refractivity contribution in [1.82, 2.24) is 24.8 Å². The van der Waals surface area contributed by atoms with Gasteiger partial charge in [0.05, 0.1) is 12.9 Å². The molecule has 0 aliphatic carbocycles. The minimum absolute atomic E-state index is 0.0262. The van der Waals surface area contributed by atoms with E-state index in [-0.39, 0.29) is 23.0 Å².